The Morgan fingerprint density at radius 3 is 2.77 bits per heavy atom. The molecule has 2 rings (SSSR count). The number of nitrogens with one attached hydrogen (secondary N) is 2. The molecule has 8 heteroatoms. The zero-order valence-electron chi connectivity index (χ0n) is 12.0. The van der Waals surface area contributed by atoms with Gasteiger partial charge in [-0.2, -0.15) is 13.2 Å². The molecule has 2 atom stereocenters. The van der Waals surface area contributed by atoms with Crippen LogP contribution >= 0.6 is 0 Å². The van der Waals surface area contributed by atoms with Crippen LogP contribution in [-0.2, 0) is 22.3 Å². The normalized spacial score (nSPS) is 22.4. The monoisotopic (exact) mass is 317 g/mol. The maximum absolute atomic E-state index is 12.9. The second-order valence-corrected chi connectivity index (χ2v) is 5.12. The van der Waals surface area contributed by atoms with E-state index in [-0.39, 0.29) is 18.3 Å². The van der Waals surface area contributed by atoms with Crippen molar-refractivity contribution < 1.29 is 22.7 Å². The third-order valence-electron chi connectivity index (χ3n) is 3.42. The lowest BCUT2D eigenvalue weighted by Gasteiger charge is -2.29. The summed E-state index contributed by atoms with van der Waals surface area (Å²) in [6.07, 6.45) is -4.85. The molecule has 0 radical (unpaired) electrons. The van der Waals surface area contributed by atoms with Gasteiger partial charge in [-0.3, -0.25) is 4.79 Å². The van der Waals surface area contributed by atoms with E-state index >= 15 is 0 Å². The summed E-state index contributed by atoms with van der Waals surface area (Å²) in [7, 11) is 0. The van der Waals surface area contributed by atoms with E-state index in [0.29, 0.717) is 18.7 Å². The highest BCUT2D eigenvalue weighted by Gasteiger charge is 2.32. The van der Waals surface area contributed by atoms with Gasteiger partial charge in [0.05, 0.1) is 18.3 Å². The maximum atomic E-state index is 12.9. The predicted octanol–water partition coefficient (Wildman–Crippen LogP) is 1.48. The smallest absolute Gasteiger partial charge is 0.375 e. The molecule has 22 heavy (non-hydrogen) atoms. The summed E-state index contributed by atoms with van der Waals surface area (Å²) in [5.41, 5.74) is 4.94. The molecule has 1 fully saturated rings. The molecule has 0 aromatic heterocycles. The average Bonchev–Trinajstić information content (AvgIpc) is 2.46. The van der Waals surface area contributed by atoms with Gasteiger partial charge in [0, 0.05) is 18.8 Å². The van der Waals surface area contributed by atoms with Crippen LogP contribution in [0.2, 0.25) is 0 Å². The maximum Gasteiger partial charge on any atom is 0.416 e. The largest absolute Gasteiger partial charge is 0.416 e. The molecule has 4 N–H and O–H groups in total. The number of benzene rings is 1. The van der Waals surface area contributed by atoms with Crippen LogP contribution in [0.3, 0.4) is 0 Å². The Bertz CT molecular complexity index is 549. The van der Waals surface area contributed by atoms with E-state index in [4.69, 9.17) is 10.5 Å². The number of halogens is 3. The molecule has 5 nitrogen and oxygen atoms in total. The summed E-state index contributed by atoms with van der Waals surface area (Å²) in [6.45, 7) is 2.69. The van der Waals surface area contributed by atoms with Crippen LogP contribution in [0.5, 0.6) is 0 Å². The molecule has 0 bridgehead atoms. The number of ether oxygens (including phenoxy) is 1. The van der Waals surface area contributed by atoms with Crippen molar-refractivity contribution in [2.45, 2.75) is 31.8 Å². The fourth-order valence-electron chi connectivity index (χ4n) is 2.29. The van der Waals surface area contributed by atoms with Crippen LogP contribution in [0.25, 0.3) is 0 Å². The molecule has 1 aliphatic rings. The van der Waals surface area contributed by atoms with Crippen LogP contribution in [0, 0.1) is 0 Å². The highest BCUT2D eigenvalue weighted by atomic mass is 19.4. The Labute approximate surface area is 126 Å². The highest BCUT2D eigenvalue weighted by molar-refractivity contribution is 5.95. The Morgan fingerprint density at radius 2 is 2.18 bits per heavy atom. The number of carbonyl (C=O) groups is 1. The first kappa shape index (κ1) is 16.7. The lowest BCUT2D eigenvalue weighted by atomic mass is 10.1. The highest BCUT2D eigenvalue weighted by Crippen LogP contribution is 2.32. The van der Waals surface area contributed by atoms with Gasteiger partial charge in [-0.25, -0.2) is 0 Å². The van der Waals surface area contributed by atoms with Crippen molar-refractivity contribution in [2.24, 2.45) is 5.73 Å². The van der Waals surface area contributed by atoms with Gasteiger partial charge in [0.2, 0.25) is 5.91 Å². The molecule has 0 aliphatic carbocycles. The van der Waals surface area contributed by atoms with E-state index in [0.717, 1.165) is 12.1 Å². The van der Waals surface area contributed by atoms with Crippen molar-refractivity contribution in [2.75, 3.05) is 18.5 Å². The van der Waals surface area contributed by atoms with Crippen molar-refractivity contribution in [1.29, 1.82) is 0 Å². The van der Waals surface area contributed by atoms with Gasteiger partial charge >= 0.3 is 6.18 Å². The van der Waals surface area contributed by atoms with E-state index in [1.807, 2.05) is 0 Å². The van der Waals surface area contributed by atoms with Crippen molar-refractivity contribution >= 4 is 11.6 Å². The van der Waals surface area contributed by atoms with Gasteiger partial charge in [0.25, 0.3) is 0 Å². The molecule has 0 unspecified atom stereocenters. The second-order valence-electron chi connectivity index (χ2n) is 5.12. The first-order chi connectivity index (χ1) is 10.3. The lowest BCUT2D eigenvalue weighted by Crippen LogP contribution is -2.53. The molecule has 1 saturated heterocycles. The van der Waals surface area contributed by atoms with Gasteiger partial charge in [-0.1, -0.05) is 0 Å². The van der Waals surface area contributed by atoms with Crippen LogP contribution in [0.1, 0.15) is 18.1 Å². The Kier molecular flexibility index (Phi) is 5.05. The molecular formula is C14H18F3N3O2. The third-order valence-corrected chi connectivity index (χ3v) is 3.42. The quantitative estimate of drug-likeness (QED) is 0.789. The van der Waals surface area contributed by atoms with Gasteiger partial charge in [-0.15, -0.1) is 0 Å². The van der Waals surface area contributed by atoms with Crippen molar-refractivity contribution in [1.82, 2.24) is 5.32 Å². The van der Waals surface area contributed by atoms with Gasteiger partial charge in [-0.05, 0) is 30.7 Å². The van der Waals surface area contributed by atoms with Crippen molar-refractivity contribution in [3.8, 4) is 0 Å². The van der Waals surface area contributed by atoms with Gasteiger partial charge in [0.15, 0.2) is 0 Å². The van der Waals surface area contributed by atoms with Gasteiger partial charge < -0.3 is 21.1 Å². The average molecular weight is 317 g/mol. The molecule has 1 amide bonds. The van der Waals surface area contributed by atoms with Gasteiger partial charge in [0.1, 0.15) is 6.04 Å². The van der Waals surface area contributed by atoms with Crippen LogP contribution < -0.4 is 16.4 Å². The topological polar surface area (TPSA) is 76.4 Å². The van der Waals surface area contributed by atoms with E-state index in [1.165, 1.54) is 6.07 Å². The molecule has 1 aliphatic heterocycles. The number of hydrogen-bond acceptors (Lipinski definition) is 4. The van der Waals surface area contributed by atoms with E-state index in [1.54, 1.807) is 6.92 Å². The SMILES string of the molecule is C[C@H]1OCCN[C@@H]1C(=O)Nc1cc(CN)cc(C(F)(F)F)c1. The number of rotatable bonds is 3. The standard InChI is InChI=1S/C14H18F3N3O2/c1-8-12(19-2-3-22-8)13(21)20-11-5-9(7-18)4-10(6-11)14(15,16)17/h4-6,8,12,19H,2-3,7,18H2,1H3,(H,20,21)/t8-,12+/m1/s1. The van der Waals surface area contributed by atoms with E-state index in [9.17, 15) is 18.0 Å². The number of amides is 1. The number of nitrogens with two attached hydrogens (primary N) is 1. The Hall–Kier alpha value is -1.64. The fraction of sp³-hybridized carbons (Fsp3) is 0.500. The third kappa shape index (κ3) is 3.96. The van der Waals surface area contributed by atoms with E-state index in [2.05, 4.69) is 10.6 Å². The molecule has 0 saturated carbocycles. The Morgan fingerprint density at radius 1 is 1.45 bits per heavy atom. The first-order valence-corrected chi connectivity index (χ1v) is 6.88. The molecule has 1 aromatic rings. The first-order valence-electron chi connectivity index (χ1n) is 6.88. The number of anilines is 1. The number of alkyl halides is 3. The number of hydrogen-bond donors (Lipinski definition) is 3. The molecule has 122 valence electrons. The Balaban J connectivity index is 2.19. The molecule has 1 aromatic carbocycles. The summed E-state index contributed by atoms with van der Waals surface area (Å²) < 4.78 is 43.9. The molecule has 1 heterocycles. The number of carbonyl (C=O) groups excluding carboxylic acids is 1. The van der Waals surface area contributed by atoms with Crippen LogP contribution in [0.4, 0.5) is 18.9 Å². The van der Waals surface area contributed by atoms with E-state index < -0.39 is 23.7 Å². The summed E-state index contributed by atoms with van der Waals surface area (Å²) in [4.78, 5) is 12.2. The summed E-state index contributed by atoms with van der Waals surface area (Å²) in [5.74, 6) is -0.436. The zero-order chi connectivity index (χ0) is 16.3. The predicted molar refractivity (Wildman–Crippen MR) is 75.2 cm³/mol. The minimum Gasteiger partial charge on any atom is -0.375 e. The van der Waals surface area contributed by atoms with Crippen molar-refractivity contribution in [3.05, 3.63) is 29.3 Å². The fourth-order valence-corrected chi connectivity index (χ4v) is 2.29. The lowest BCUT2D eigenvalue weighted by molar-refractivity contribution is -0.137. The zero-order valence-corrected chi connectivity index (χ0v) is 12.0. The number of morpholine rings is 1. The minimum atomic E-state index is -4.50. The summed E-state index contributed by atoms with van der Waals surface area (Å²) >= 11 is 0. The van der Waals surface area contributed by atoms with Crippen LogP contribution in [0.15, 0.2) is 18.2 Å². The molecular weight excluding hydrogens is 299 g/mol. The van der Waals surface area contributed by atoms with Crippen molar-refractivity contribution in [3.63, 3.8) is 0 Å². The summed E-state index contributed by atoms with van der Waals surface area (Å²) in [5, 5.41) is 5.47. The molecule has 0 spiro atoms. The minimum absolute atomic E-state index is 0.0476. The summed E-state index contributed by atoms with van der Waals surface area (Å²) in [6, 6.07) is 2.69. The van der Waals surface area contributed by atoms with Crippen LogP contribution in [-0.4, -0.2) is 31.2 Å². The second kappa shape index (κ2) is 6.64.